The zero-order valence-electron chi connectivity index (χ0n) is 6.84. The minimum atomic E-state index is -2.89. The Morgan fingerprint density at radius 2 is 2.21 bits per heavy atom. The van der Waals surface area contributed by atoms with Crippen LogP contribution in [-0.2, 0) is 6.42 Å². The SMILES string of the molecule is N#CCc1c(C(F)F)cnc(F)c1O. The number of halogens is 3. The second-order valence-electron chi connectivity index (χ2n) is 2.47. The van der Waals surface area contributed by atoms with Gasteiger partial charge in [0.15, 0.2) is 5.75 Å². The highest BCUT2D eigenvalue weighted by atomic mass is 19.3. The highest BCUT2D eigenvalue weighted by molar-refractivity contribution is 5.39. The van der Waals surface area contributed by atoms with Crippen LogP contribution in [0.1, 0.15) is 17.6 Å². The van der Waals surface area contributed by atoms with E-state index in [1.807, 2.05) is 0 Å². The molecule has 1 rings (SSSR count). The summed E-state index contributed by atoms with van der Waals surface area (Å²) >= 11 is 0. The molecule has 0 aliphatic carbocycles. The molecule has 0 aliphatic heterocycles. The van der Waals surface area contributed by atoms with E-state index in [0.29, 0.717) is 6.20 Å². The predicted molar refractivity (Wildman–Crippen MR) is 40.1 cm³/mol. The van der Waals surface area contributed by atoms with Crippen molar-refractivity contribution >= 4 is 0 Å². The smallest absolute Gasteiger partial charge is 0.265 e. The number of hydrogen-bond acceptors (Lipinski definition) is 3. The van der Waals surface area contributed by atoms with Crippen LogP contribution in [0, 0.1) is 17.3 Å². The molecule has 14 heavy (non-hydrogen) atoms. The third-order valence-corrected chi connectivity index (χ3v) is 1.64. The summed E-state index contributed by atoms with van der Waals surface area (Å²) in [6.45, 7) is 0. The minimum Gasteiger partial charge on any atom is -0.503 e. The van der Waals surface area contributed by atoms with Crippen LogP contribution in [-0.4, -0.2) is 10.1 Å². The lowest BCUT2D eigenvalue weighted by Crippen LogP contribution is -1.99. The standard InChI is InChI=1S/C8H5F3N2O/c9-7(10)5-3-13-8(11)6(14)4(5)1-2-12/h3,7,14H,1H2. The molecule has 0 radical (unpaired) electrons. The Morgan fingerprint density at radius 1 is 1.57 bits per heavy atom. The molecule has 0 atom stereocenters. The first kappa shape index (κ1) is 10.3. The predicted octanol–water partition coefficient (Wildman–Crippen LogP) is 1.93. The second-order valence-corrected chi connectivity index (χ2v) is 2.47. The number of alkyl halides is 2. The van der Waals surface area contributed by atoms with Gasteiger partial charge < -0.3 is 5.11 Å². The zero-order valence-corrected chi connectivity index (χ0v) is 6.84. The molecule has 0 saturated heterocycles. The molecule has 6 heteroatoms. The maximum absolute atomic E-state index is 12.6. The largest absolute Gasteiger partial charge is 0.503 e. The van der Waals surface area contributed by atoms with Gasteiger partial charge in [-0.3, -0.25) is 0 Å². The fourth-order valence-electron chi connectivity index (χ4n) is 0.979. The molecule has 0 spiro atoms. The molecule has 0 aromatic carbocycles. The van der Waals surface area contributed by atoms with Crippen LogP contribution in [0.2, 0.25) is 0 Å². The molecule has 0 saturated carbocycles. The van der Waals surface area contributed by atoms with Crippen molar-refractivity contribution in [2.75, 3.05) is 0 Å². The second kappa shape index (κ2) is 3.96. The monoisotopic (exact) mass is 202 g/mol. The molecule has 3 nitrogen and oxygen atoms in total. The molecule has 0 bridgehead atoms. The van der Waals surface area contributed by atoms with Gasteiger partial charge in [0, 0.05) is 17.3 Å². The van der Waals surface area contributed by atoms with Crippen LogP contribution in [0.25, 0.3) is 0 Å². The highest BCUT2D eigenvalue weighted by Crippen LogP contribution is 2.29. The van der Waals surface area contributed by atoms with Gasteiger partial charge in [0.1, 0.15) is 0 Å². The van der Waals surface area contributed by atoms with Crippen LogP contribution in [0.15, 0.2) is 6.20 Å². The number of nitrogens with zero attached hydrogens (tertiary/aromatic N) is 2. The third kappa shape index (κ3) is 1.76. The molecule has 1 aromatic rings. The Kier molecular flexibility index (Phi) is 2.92. The highest BCUT2D eigenvalue weighted by Gasteiger charge is 2.19. The van der Waals surface area contributed by atoms with Gasteiger partial charge in [-0.2, -0.15) is 9.65 Å². The number of hydrogen-bond donors (Lipinski definition) is 1. The Morgan fingerprint density at radius 3 is 2.71 bits per heavy atom. The van der Waals surface area contributed by atoms with Crippen molar-refractivity contribution in [1.29, 1.82) is 5.26 Å². The van der Waals surface area contributed by atoms with Gasteiger partial charge in [-0.15, -0.1) is 0 Å². The maximum Gasteiger partial charge on any atom is 0.265 e. The number of pyridine rings is 1. The molecule has 0 amide bonds. The van der Waals surface area contributed by atoms with Crippen LogP contribution >= 0.6 is 0 Å². The Labute approximate surface area is 77.4 Å². The summed E-state index contributed by atoms with van der Waals surface area (Å²) in [6, 6.07) is 1.56. The number of aromatic nitrogens is 1. The Bertz CT molecular complexity index is 387. The van der Waals surface area contributed by atoms with Crippen molar-refractivity contribution in [2.45, 2.75) is 12.8 Å². The van der Waals surface area contributed by atoms with Gasteiger partial charge in [0.2, 0.25) is 0 Å². The third-order valence-electron chi connectivity index (χ3n) is 1.64. The zero-order chi connectivity index (χ0) is 10.7. The van der Waals surface area contributed by atoms with E-state index >= 15 is 0 Å². The van der Waals surface area contributed by atoms with Crippen LogP contribution in [0.3, 0.4) is 0 Å². The fraction of sp³-hybridized carbons (Fsp3) is 0.250. The van der Waals surface area contributed by atoms with Crippen molar-refractivity contribution in [3.8, 4) is 11.8 Å². The minimum absolute atomic E-state index is 0.407. The van der Waals surface area contributed by atoms with E-state index in [1.165, 1.54) is 0 Å². The van der Waals surface area contributed by atoms with Crippen molar-refractivity contribution in [3.05, 3.63) is 23.3 Å². The first-order valence-corrected chi connectivity index (χ1v) is 3.59. The summed E-state index contributed by atoms with van der Waals surface area (Å²) in [5, 5.41) is 17.3. The summed E-state index contributed by atoms with van der Waals surface area (Å²) in [4.78, 5) is 2.94. The summed E-state index contributed by atoms with van der Waals surface area (Å²) in [7, 11) is 0. The lowest BCUT2D eigenvalue weighted by molar-refractivity contribution is 0.149. The normalized spacial score (nSPS) is 10.2. The summed E-state index contributed by atoms with van der Waals surface area (Å²) < 4.78 is 37.2. The van der Waals surface area contributed by atoms with Gasteiger partial charge >= 0.3 is 0 Å². The lowest BCUT2D eigenvalue weighted by Gasteiger charge is -2.07. The number of nitriles is 1. The van der Waals surface area contributed by atoms with Gasteiger partial charge in [-0.25, -0.2) is 13.8 Å². The van der Waals surface area contributed by atoms with Crippen molar-refractivity contribution in [3.63, 3.8) is 0 Å². The first-order chi connectivity index (χ1) is 6.57. The number of rotatable bonds is 2. The average molecular weight is 202 g/mol. The molecule has 0 unspecified atom stereocenters. The van der Waals surface area contributed by atoms with E-state index in [-0.39, 0.29) is 0 Å². The lowest BCUT2D eigenvalue weighted by atomic mass is 10.1. The molecular formula is C8H5F3N2O. The van der Waals surface area contributed by atoms with Crippen LogP contribution < -0.4 is 0 Å². The Balaban J connectivity index is 3.31. The molecule has 1 heterocycles. The first-order valence-electron chi connectivity index (χ1n) is 3.59. The fourth-order valence-corrected chi connectivity index (χ4v) is 0.979. The molecule has 0 fully saturated rings. The molecular weight excluding hydrogens is 197 g/mol. The summed E-state index contributed by atoms with van der Waals surface area (Å²) in [5.74, 6) is -2.23. The summed E-state index contributed by atoms with van der Waals surface area (Å²) in [5.41, 5.74) is -1.03. The van der Waals surface area contributed by atoms with Crippen molar-refractivity contribution in [2.24, 2.45) is 0 Å². The van der Waals surface area contributed by atoms with E-state index < -0.39 is 35.7 Å². The molecule has 1 aromatic heterocycles. The van der Waals surface area contributed by atoms with Gasteiger partial charge in [-0.05, 0) is 0 Å². The molecule has 0 aliphatic rings. The topological polar surface area (TPSA) is 56.9 Å². The maximum atomic E-state index is 12.6. The van der Waals surface area contributed by atoms with Gasteiger partial charge in [0.05, 0.1) is 12.5 Å². The van der Waals surface area contributed by atoms with E-state index in [4.69, 9.17) is 10.4 Å². The average Bonchev–Trinajstić information content (AvgIpc) is 2.13. The van der Waals surface area contributed by atoms with E-state index in [0.717, 1.165) is 0 Å². The Hall–Kier alpha value is -1.77. The van der Waals surface area contributed by atoms with Gasteiger partial charge in [0.25, 0.3) is 12.4 Å². The quantitative estimate of drug-likeness (QED) is 0.745. The number of aromatic hydroxyl groups is 1. The van der Waals surface area contributed by atoms with Crippen molar-refractivity contribution < 1.29 is 18.3 Å². The molecule has 74 valence electrons. The van der Waals surface area contributed by atoms with Crippen LogP contribution in [0.5, 0.6) is 5.75 Å². The van der Waals surface area contributed by atoms with Crippen LogP contribution in [0.4, 0.5) is 13.2 Å². The van der Waals surface area contributed by atoms with E-state index in [1.54, 1.807) is 6.07 Å². The van der Waals surface area contributed by atoms with E-state index in [2.05, 4.69) is 4.98 Å². The molecule has 1 N–H and O–H groups in total. The van der Waals surface area contributed by atoms with E-state index in [9.17, 15) is 13.2 Å². The van der Waals surface area contributed by atoms with Crippen molar-refractivity contribution in [1.82, 2.24) is 4.98 Å². The summed E-state index contributed by atoms with van der Waals surface area (Å²) in [6.07, 6.45) is -2.76. The van der Waals surface area contributed by atoms with Gasteiger partial charge in [-0.1, -0.05) is 0 Å².